The van der Waals surface area contributed by atoms with Gasteiger partial charge in [0.1, 0.15) is 11.5 Å². The number of hydrazine groups is 1. The van der Waals surface area contributed by atoms with Crippen LogP contribution in [0, 0.1) is 5.92 Å². The molecule has 18 heavy (non-hydrogen) atoms. The lowest BCUT2D eigenvalue weighted by Crippen LogP contribution is -2.36. The van der Waals surface area contributed by atoms with Gasteiger partial charge in [-0.1, -0.05) is 20.4 Å². The number of aromatic hydroxyl groups is 2. The van der Waals surface area contributed by atoms with E-state index >= 15 is 0 Å². The maximum Gasteiger partial charge on any atom is 0.269 e. The standard InChI is InChI=1S/C13H18N2O3/c1-8(2)4-9(3)14-15-13(18)10-5-11(16)7-12(17)6-10/h5-8,14,16-17H,3-4H2,1-2H3,(H,15,18). The number of allylic oxidation sites excluding steroid dienone is 1. The van der Waals surface area contributed by atoms with Crippen LogP contribution in [0.1, 0.15) is 30.6 Å². The van der Waals surface area contributed by atoms with Crippen molar-refractivity contribution in [1.82, 2.24) is 10.9 Å². The summed E-state index contributed by atoms with van der Waals surface area (Å²) >= 11 is 0. The molecule has 1 rings (SSSR count). The molecule has 0 aliphatic heterocycles. The number of hydrogen-bond acceptors (Lipinski definition) is 4. The van der Waals surface area contributed by atoms with Crippen LogP contribution in [-0.4, -0.2) is 16.1 Å². The average Bonchev–Trinajstić information content (AvgIpc) is 2.23. The Labute approximate surface area is 106 Å². The molecule has 98 valence electrons. The maximum absolute atomic E-state index is 11.7. The molecule has 0 aliphatic carbocycles. The van der Waals surface area contributed by atoms with Crippen molar-refractivity contribution in [2.24, 2.45) is 5.92 Å². The second kappa shape index (κ2) is 5.95. The van der Waals surface area contributed by atoms with Crippen LogP contribution in [0.2, 0.25) is 0 Å². The Bertz CT molecular complexity index is 435. The van der Waals surface area contributed by atoms with Crippen LogP contribution in [0.15, 0.2) is 30.5 Å². The molecule has 0 fully saturated rings. The van der Waals surface area contributed by atoms with Gasteiger partial charge in [0.15, 0.2) is 0 Å². The van der Waals surface area contributed by atoms with Gasteiger partial charge in [0, 0.05) is 17.3 Å². The molecule has 1 aromatic rings. The quantitative estimate of drug-likeness (QED) is 0.601. The summed E-state index contributed by atoms with van der Waals surface area (Å²) in [6.07, 6.45) is 0.742. The van der Waals surface area contributed by atoms with Gasteiger partial charge in [0.25, 0.3) is 5.91 Å². The second-order valence-electron chi connectivity index (χ2n) is 4.52. The van der Waals surface area contributed by atoms with Crippen LogP contribution in [0.25, 0.3) is 0 Å². The minimum Gasteiger partial charge on any atom is -0.508 e. The van der Waals surface area contributed by atoms with Gasteiger partial charge in [-0.05, 0) is 24.5 Å². The fraction of sp³-hybridized carbons (Fsp3) is 0.308. The zero-order valence-corrected chi connectivity index (χ0v) is 10.5. The first-order chi connectivity index (χ1) is 8.38. The molecule has 0 aromatic heterocycles. The molecule has 0 radical (unpaired) electrons. The molecule has 0 saturated heterocycles. The van der Waals surface area contributed by atoms with Gasteiger partial charge in [0.05, 0.1) is 0 Å². The van der Waals surface area contributed by atoms with Gasteiger partial charge in [0.2, 0.25) is 0 Å². The van der Waals surface area contributed by atoms with Gasteiger partial charge in [-0.15, -0.1) is 0 Å². The topological polar surface area (TPSA) is 81.6 Å². The predicted molar refractivity (Wildman–Crippen MR) is 69.0 cm³/mol. The first kappa shape index (κ1) is 13.9. The number of phenolic OH excluding ortho intramolecular Hbond substituents is 2. The number of benzene rings is 1. The largest absolute Gasteiger partial charge is 0.508 e. The van der Waals surface area contributed by atoms with Crippen molar-refractivity contribution in [3.05, 3.63) is 36.0 Å². The smallest absolute Gasteiger partial charge is 0.269 e. The van der Waals surface area contributed by atoms with Gasteiger partial charge in [-0.3, -0.25) is 10.2 Å². The molecule has 0 aliphatic rings. The van der Waals surface area contributed by atoms with E-state index < -0.39 is 5.91 Å². The van der Waals surface area contributed by atoms with E-state index in [2.05, 4.69) is 17.4 Å². The summed E-state index contributed by atoms with van der Waals surface area (Å²) in [5.41, 5.74) is 6.00. The van der Waals surface area contributed by atoms with Crippen molar-refractivity contribution in [2.45, 2.75) is 20.3 Å². The molecule has 1 amide bonds. The van der Waals surface area contributed by atoms with Crippen LogP contribution < -0.4 is 10.9 Å². The van der Waals surface area contributed by atoms with Crippen molar-refractivity contribution < 1.29 is 15.0 Å². The zero-order chi connectivity index (χ0) is 13.7. The summed E-state index contributed by atoms with van der Waals surface area (Å²) in [6.45, 7) is 7.86. The first-order valence-electron chi connectivity index (χ1n) is 5.65. The number of rotatable bonds is 5. The molecule has 5 nitrogen and oxygen atoms in total. The molecule has 1 aromatic carbocycles. The third kappa shape index (κ3) is 4.37. The maximum atomic E-state index is 11.7. The fourth-order valence-corrected chi connectivity index (χ4v) is 1.49. The van der Waals surface area contributed by atoms with Crippen molar-refractivity contribution >= 4 is 5.91 Å². The minimum atomic E-state index is -0.453. The summed E-state index contributed by atoms with van der Waals surface area (Å²) in [4.78, 5) is 11.7. The summed E-state index contributed by atoms with van der Waals surface area (Å²) in [5.74, 6) is -0.347. The van der Waals surface area contributed by atoms with Crippen LogP contribution in [-0.2, 0) is 0 Å². The Morgan fingerprint density at radius 3 is 2.28 bits per heavy atom. The molecule has 0 atom stereocenters. The summed E-state index contributed by atoms with van der Waals surface area (Å²) in [6, 6.07) is 3.69. The molecule has 4 N–H and O–H groups in total. The van der Waals surface area contributed by atoms with Crippen LogP contribution in [0.5, 0.6) is 11.5 Å². The number of carbonyl (C=O) groups excluding carboxylic acids is 1. The van der Waals surface area contributed by atoms with E-state index in [0.29, 0.717) is 11.6 Å². The Hall–Kier alpha value is -2.17. The van der Waals surface area contributed by atoms with Gasteiger partial charge < -0.3 is 15.6 Å². The van der Waals surface area contributed by atoms with Crippen LogP contribution >= 0.6 is 0 Å². The van der Waals surface area contributed by atoms with E-state index in [-0.39, 0.29) is 17.1 Å². The first-order valence-corrected chi connectivity index (χ1v) is 5.65. The summed E-state index contributed by atoms with van der Waals surface area (Å²) in [5, 5.41) is 18.5. The second-order valence-corrected chi connectivity index (χ2v) is 4.52. The van der Waals surface area contributed by atoms with Crippen LogP contribution in [0.4, 0.5) is 0 Å². The molecule has 0 saturated carbocycles. The molecule has 0 bridgehead atoms. The SMILES string of the molecule is C=C(CC(C)C)NNC(=O)c1cc(O)cc(O)c1. The third-order valence-electron chi connectivity index (χ3n) is 2.17. The van der Waals surface area contributed by atoms with Gasteiger partial charge in [-0.2, -0.15) is 0 Å². The number of amides is 1. The lowest BCUT2D eigenvalue weighted by Gasteiger charge is -2.12. The van der Waals surface area contributed by atoms with Crippen molar-refractivity contribution in [3.63, 3.8) is 0 Å². The number of carbonyl (C=O) groups is 1. The molecule has 0 heterocycles. The number of nitrogens with one attached hydrogen (secondary N) is 2. The van der Waals surface area contributed by atoms with Gasteiger partial charge >= 0.3 is 0 Å². The molecule has 0 unspecified atom stereocenters. The highest BCUT2D eigenvalue weighted by Crippen LogP contribution is 2.20. The van der Waals surface area contributed by atoms with Crippen LogP contribution in [0.3, 0.4) is 0 Å². The lowest BCUT2D eigenvalue weighted by atomic mass is 10.1. The highest BCUT2D eigenvalue weighted by Gasteiger charge is 2.08. The third-order valence-corrected chi connectivity index (χ3v) is 2.17. The molecule has 0 spiro atoms. The minimum absolute atomic E-state index is 0.164. The monoisotopic (exact) mass is 250 g/mol. The Morgan fingerprint density at radius 1 is 1.22 bits per heavy atom. The number of hydrogen-bond donors (Lipinski definition) is 4. The number of phenols is 2. The van der Waals surface area contributed by atoms with Crippen molar-refractivity contribution in [2.75, 3.05) is 0 Å². The van der Waals surface area contributed by atoms with E-state index in [9.17, 15) is 15.0 Å². The zero-order valence-electron chi connectivity index (χ0n) is 10.5. The lowest BCUT2D eigenvalue weighted by molar-refractivity contribution is 0.0937. The molecule has 5 heteroatoms. The molecular formula is C13H18N2O3. The summed E-state index contributed by atoms with van der Waals surface area (Å²) < 4.78 is 0. The van der Waals surface area contributed by atoms with E-state index in [1.807, 2.05) is 13.8 Å². The highest BCUT2D eigenvalue weighted by atomic mass is 16.3. The normalized spacial score (nSPS) is 10.2. The average molecular weight is 250 g/mol. The van der Waals surface area contributed by atoms with E-state index in [1.54, 1.807) is 0 Å². The highest BCUT2D eigenvalue weighted by molar-refractivity contribution is 5.94. The van der Waals surface area contributed by atoms with E-state index in [1.165, 1.54) is 12.1 Å². The molecular weight excluding hydrogens is 232 g/mol. The Balaban J connectivity index is 2.58. The predicted octanol–water partition coefficient (Wildman–Crippen LogP) is 1.89. The van der Waals surface area contributed by atoms with Crippen molar-refractivity contribution in [1.29, 1.82) is 0 Å². The Kier molecular flexibility index (Phi) is 4.59. The fourth-order valence-electron chi connectivity index (χ4n) is 1.49. The van der Waals surface area contributed by atoms with E-state index in [4.69, 9.17) is 0 Å². The van der Waals surface area contributed by atoms with Crippen molar-refractivity contribution in [3.8, 4) is 11.5 Å². The van der Waals surface area contributed by atoms with E-state index in [0.717, 1.165) is 12.5 Å². The summed E-state index contributed by atoms with van der Waals surface area (Å²) in [7, 11) is 0. The Morgan fingerprint density at radius 2 is 1.78 bits per heavy atom. The van der Waals surface area contributed by atoms with Gasteiger partial charge in [-0.25, -0.2) is 0 Å².